The summed E-state index contributed by atoms with van der Waals surface area (Å²) in [5.41, 5.74) is -0.417. The number of thioether (sulfide) groups is 1. The first-order chi connectivity index (χ1) is 7.95. The van der Waals surface area contributed by atoms with Gasteiger partial charge < -0.3 is 10.2 Å². The summed E-state index contributed by atoms with van der Waals surface area (Å²) in [5.74, 6) is -3.16. The summed E-state index contributed by atoms with van der Waals surface area (Å²) in [5, 5.41) is 17.2. The largest absolute Gasteiger partial charge is 0.478 e. The van der Waals surface area contributed by atoms with Gasteiger partial charge in [-0.25, -0.2) is 13.6 Å². The van der Waals surface area contributed by atoms with Gasteiger partial charge in [0.1, 0.15) is 11.6 Å². The third kappa shape index (κ3) is 3.67. The van der Waals surface area contributed by atoms with Gasteiger partial charge in [0.05, 0.1) is 10.5 Å². The van der Waals surface area contributed by atoms with Gasteiger partial charge in [-0.3, -0.25) is 0 Å². The van der Waals surface area contributed by atoms with Crippen molar-refractivity contribution in [3.63, 3.8) is 0 Å². The second kappa shape index (κ2) is 5.97. The molecular weight excluding hydrogens is 250 g/mol. The standard InChI is InChI=1S/C11H12F2O3S/c1-6(2-3-14)17-10-8(12)4-7(11(15)16)5-9(10)13/h4-6,14H,2-3H2,1H3,(H,15,16). The molecule has 0 heterocycles. The molecule has 0 aromatic heterocycles. The van der Waals surface area contributed by atoms with E-state index in [-0.39, 0.29) is 16.8 Å². The first-order valence-corrected chi connectivity index (χ1v) is 5.83. The normalized spacial score (nSPS) is 12.5. The molecule has 1 aromatic carbocycles. The summed E-state index contributed by atoms with van der Waals surface area (Å²) in [6, 6.07) is 1.58. The van der Waals surface area contributed by atoms with Crippen molar-refractivity contribution >= 4 is 17.7 Å². The van der Waals surface area contributed by atoms with E-state index >= 15 is 0 Å². The molecule has 3 nitrogen and oxygen atoms in total. The molecule has 1 unspecified atom stereocenters. The fraction of sp³-hybridized carbons (Fsp3) is 0.364. The maximum atomic E-state index is 13.5. The van der Waals surface area contributed by atoms with Gasteiger partial charge >= 0.3 is 5.97 Å². The molecule has 0 aliphatic rings. The minimum atomic E-state index is -1.37. The number of aromatic carboxylic acids is 1. The lowest BCUT2D eigenvalue weighted by atomic mass is 10.2. The van der Waals surface area contributed by atoms with Crippen LogP contribution in [0, 0.1) is 11.6 Å². The number of halogens is 2. The maximum Gasteiger partial charge on any atom is 0.335 e. The Morgan fingerprint density at radius 1 is 1.41 bits per heavy atom. The van der Waals surface area contributed by atoms with E-state index in [9.17, 15) is 13.6 Å². The van der Waals surface area contributed by atoms with Crippen molar-refractivity contribution in [3.8, 4) is 0 Å². The van der Waals surface area contributed by atoms with E-state index in [4.69, 9.17) is 10.2 Å². The van der Waals surface area contributed by atoms with Gasteiger partial charge in [0.2, 0.25) is 0 Å². The van der Waals surface area contributed by atoms with E-state index in [1.54, 1.807) is 6.92 Å². The second-order valence-corrected chi connectivity index (χ2v) is 4.96. The van der Waals surface area contributed by atoms with Crippen LogP contribution in [-0.4, -0.2) is 28.0 Å². The van der Waals surface area contributed by atoms with Crippen LogP contribution in [0.3, 0.4) is 0 Å². The molecule has 0 fully saturated rings. The van der Waals surface area contributed by atoms with Gasteiger partial charge in [0.25, 0.3) is 0 Å². The lowest BCUT2D eigenvalue weighted by molar-refractivity contribution is 0.0695. The highest BCUT2D eigenvalue weighted by Crippen LogP contribution is 2.30. The minimum Gasteiger partial charge on any atom is -0.478 e. The zero-order chi connectivity index (χ0) is 13.0. The van der Waals surface area contributed by atoms with E-state index in [0.717, 1.165) is 23.9 Å². The number of rotatable bonds is 5. The maximum absolute atomic E-state index is 13.5. The summed E-state index contributed by atoms with van der Waals surface area (Å²) in [6.07, 6.45) is 0.407. The number of carboxylic acids is 1. The molecule has 17 heavy (non-hydrogen) atoms. The summed E-state index contributed by atoms with van der Waals surface area (Å²) in [7, 11) is 0. The number of aliphatic hydroxyl groups excluding tert-OH is 1. The molecular formula is C11H12F2O3S. The van der Waals surface area contributed by atoms with Gasteiger partial charge in [0.15, 0.2) is 0 Å². The van der Waals surface area contributed by atoms with E-state index < -0.39 is 23.2 Å². The first-order valence-electron chi connectivity index (χ1n) is 4.95. The Morgan fingerprint density at radius 3 is 2.35 bits per heavy atom. The Labute approximate surface area is 101 Å². The molecule has 0 aliphatic heterocycles. The molecule has 0 saturated heterocycles. The molecule has 0 amide bonds. The minimum absolute atomic E-state index is 0.0649. The van der Waals surface area contributed by atoms with Crippen LogP contribution in [0.25, 0.3) is 0 Å². The smallest absolute Gasteiger partial charge is 0.335 e. The Bertz CT molecular complexity index is 400. The molecule has 94 valence electrons. The molecule has 1 rings (SSSR count). The number of hydrogen-bond acceptors (Lipinski definition) is 3. The molecule has 0 aliphatic carbocycles. The van der Waals surface area contributed by atoms with Gasteiger partial charge in [-0.05, 0) is 18.6 Å². The highest BCUT2D eigenvalue weighted by Gasteiger charge is 2.17. The van der Waals surface area contributed by atoms with Gasteiger partial charge in [0, 0.05) is 11.9 Å². The van der Waals surface area contributed by atoms with Crippen LogP contribution in [0.4, 0.5) is 8.78 Å². The Kier molecular flexibility index (Phi) is 4.89. The van der Waals surface area contributed by atoms with Crippen LogP contribution >= 0.6 is 11.8 Å². The highest BCUT2D eigenvalue weighted by atomic mass is 32.2. The Balaban J connectivity index is 2.97. The van der Waals surface area contributed by atoms with Gasteiger partial charge in [-0.1, -0.05) is 6.92 Å². The number of aliphatic hydroxyl groups is 1. The molecule has 6 heteroatoms. The van der Waals surface area contributed by atoms with Crippen LogP contribution in [0.15, 0.2) is 17.0 Å². The topological polar surface area (TPSA) is 57.5 Å². The number of hydrogen-bond donors (Lipinski definition) is 2. The summed E-state index contributed by atoms with van der Waals surface area (Å²) in [4.78, 5) is 10.4. The van der Waals surface area contributed by atoms with Crippen LogP contribution in [-0.2, 0) is 0 Å². The zero-order valence-corrected chi connectivity index (χ0v) is 9.93. The van der Waals surface area contributed by atoms with Crippen molar-refractivity contribution in [1.29, 1.82) is 0 Å². The highest BCUT2D eigenvalue weighted by molar-refractivity contribution is 8.00. The van der Waals surface area contributed by atoms with E-state index in [2.05, 4.69) is 0 Å². The quantitative estimate of drug-likeness (QED) is 0.801. The lowest BCUT2D eigenvalue weighted by Gasteiger charge is -2.11. The van der Waals surface area contributed by atoms with Crippen molar-refractivity contribution in [1.82, 2.24) is 0 Å². The van der Waals surface area contributed by atoms with E-state index in [1.165, 1.54) is 0 Å². The summed E-state index contributed by atoms with van der Waals surface area (Å²) < 4.78 is 27.0. The third-order valence-electron chi connectivity index (χ3n) is 2.10. The fourth-order valence-electron chi connectivity index (χ4n) is 1.24. The first kappa shape index (κ1) is 13.9. The van der Waals surface area contributed by atoms with Crippen LogP contribution < -0.4 is 0 Å². The van der Waals surface area contributed by atoms with Gasteiger partial charge in [-0.2, -0.15) is 0 Å². The van der Waals surface area contributed by atoms with Crippen molar-refractivity contribution in [3.05, 3.63) is 29.3 Å². The van der Waals surface area contributed by atoms with Crippen LogP contribution in [0.5, 0.6) is 0 Å². The van der Waals surface area contributed by atoms with Crippen molar-refractivity contribution in [2.75, 3.05) is 6.61 Å². The molecule has 0 saturated carbocycles. The van der Waals surface area contributed by atoms with E-state index in [1.807, 2.05) is 0 Å². The zero-order valence-electron chi connectivity index (χ0n) is 9.11. The third-order valence-corrected chi connectivity index (χ3v) is 3.36. The van der Waals surface area contributed by atoms with Crippen LogP contribution in [0.2, 0.25) is 0 Å². The second-order valence-electron chi connectivity index (χ2n) is 3.51. The number of benzene rings is 1. The Morgan fingerprint density at radius 2 is 1.94 bits per heavy atom. The molecule has 0 bridgehead atoms. The van der Waals surface area contributed by atoms with Crippen molar-refractivity contribution in [2.45, 2.75) is 23.5 Å². The molecule has 0 spiro atoms. The van der Waals surface area contributed by atoms with Gasteiger partial charge in [-0.15, -0.1) is 11.8 Å². The monoisotopic (exact) mass is 262 g/mol. The number of carboxylic acid groups (broad SMARTS) is 1. The molecule has 2 N–H and O–H groups in total. The molecule has 1 aromatic rings. The van der Waals surface area contributed by atoms with E-state index in [0.29, 0.717) is 6.42 Å². The Hall–Kier alpha value is -1.14. The summed E-state index contributed by atoms with van der Waals surface area (Å²) >= 11 is 0.939. The number of carbonyl (C=O) groups is 1. The van der Waals surface area contributed by atoms with Crippen LogP contribution in [0.1, 0.15) is 23.7 Å². The fourth-order valence-corrected chi connectivity index (χ4v) is 2.21. The predicted molar refractivity (Wildman–Crippen MR) is 60.3 cm³/mol. The van der Waals surface area contributed by atoms with Crippen molar-refractivity contribution in [2.24, 2.45) is 0 Å². The average molecular weight is 262 g/mol. The average Bonchev–Trinajstić information content (AvgIpc) is 2.23. The molecule has 1 atom stereocenters. The molecule has 0 radical (unpaired) electrons. The lowest BCUT2D eigenvalue weighted by Crippen LogP contribution is -2.04. The van der Waals surface area contributed by atoms with Crippen molar-refractivity contribution < 1.29 is 23.8 Å². The summed E-state index contributed by atoms with van der Waals surface area (Å²) in [6.45, 7) is 1.66. The SMILES string of the molecule is CC(CCO)Sc1c(F)cc(C(=O)O)cc1F. The predicted octanol–water partition coefficient (Wildman–Crippen LogP) is 2.53.